The Labute approximate surface area is 119 Å². The minimum atomic E-state index is 0.0382. The van der Waals surface area contributed by atoms with Crippen LogP contribution in [0.3, 0.4) is 0 Å². The van der Waals surface area contributed by atoms with Crippen LogP contribution in [0.1, 0.15) is 29.3 Å². The lowest BCUT2D eigenvalue weighted by Crippen LogP contribution is -2.34. The Hall–Kier alpha value is -2.16. The molecule has 2 atom stereocenters. The van der Waals surface area contributed by atoms with Crippen LogP contribution >= 0.6 is 0 Å². The van der Waals surface area contributed by atoms with Gasteiger partial charge in [0.2, 0.25) is 0 Å². The molecule has 1 aliphatic rings. The van der Waals surface area contributed by atoms with Gasteiger partial charge in [0.15, 0.2) is 0 Å². The number of rotatable bonds is 3. The summed E-state index contributed by atoms with van der Waals surface area (Å²) in [5, 5.41) is 0. The second-order valence-electron chi connectivity index (χ2n) is 5.52. The van der Waals surface area contributed by atoms with Crippen LogP contribution in [0.25, 0.3) is 0 Å². The third-order valence-corrected chi connectivity index (χ3v) is 3.78. The molecule has 2 aromatic rings. The van der Waals surface area contributed by atoms with Gasteiger partial charge in [-0.25, -0.2) is 4.98 Å². The fourth-order valence-corrected chi connectivity index (χ4v) is 2.41. The van der Waals surface area contributed by atoms with Crippen LogP contribution in [-0.2, 0) is 0 Å². The highest BCUT2D eigenvalue weighted by Gasteiger charge is 2.42. The van der Waals surface area contributed by atoms with Gasteiger partial charge in [-0.3, -0.25) is 9.69 Å². The van der Waals surface area contributed by atoms with E-state index in [9.17, 15) is 4.79 Å². The molecule has 1 fully saturated rings. The SMILES string of the molecule is Cc1ccc(N(C(=O)c2ccccc2)C2C[C@@H]2C)nc1. The number of carbonyl (C=O) groups is 1. The summed E-state index contributed by atoms with van der Waals surface area (Å²) in [7, 11) is 0. The number of carbonyl (C=O) groups excluding carboxylic acids is 1. The molecule has 3 rings (SSSR count). The van der Waals surface area contributed by atoms with Crippen LogP contribution in [0.2, 0.25) is 0 Å². The van der Waals surface area contributed by atoms with Crippen LogP contribution in [0, 0.1) is 12.8 Å². The molecule has 1 aliphatic carbocycles. The van der Waals surface area contributed by atoms with E-state index in [-0.39, 0.29) is 11.9 Å². The highest BCUT2D eigenvalue weighted by molar-refractivity contribution is 6.06. The van der Waals surface area contributed by atoms with Gasteiger partial charge in [-0.15, -0.1) is 0 Å². The lowest BCUT2D eigenvalue weighted by Gasteiger charge is -2.22. The molecule has 0 saturated heterocycles. The zero-order valence-electron chi connectivity index (χ0n) is 11.8. The van der Waals surface area contributed by atoms with Gasteiger partial charge in [0.1, 0.15) is 5.82 Å². The summed E-state index contributed by atoms with van der Waals surface area (Å²) in [5.41, 5.74) is 1.82. The van der Waals surface area contributed by atoms with Gasteiger partial charge < -0.3 is 0 Å². The molecular weight excluding hydrogens is 248 g/mol. The summed E-state index contributed by atoms with van der Waals surface area (Å²) in [4.78, 5) is 19.0. The Morgan fingerprint density at radius 3 is 2.45 bits per heavy atom. The molecule has 3 heteroatoms. The van der Waals surface area contributed by atoms with Crippen molar-refractivity contribution in [3.63, 3.8) is 0 Å². The molecule has 1 saturated carbocycles. The van der Waals surface area contributed by atoms with E-state index in [1.54, 1.807) is 0 Å². The highest BCUT2D eigenvalue weighted by atomic mass is 16.2. The first kappa shape index (κ1) is 12.9. The highest BCUT2D eigenvalue weighted by Crippen LogP contribution is 2.38. The molecule has 0 N–H and O–H groups in total. The van der Waals surface area contributed by atoms with Crippen molar-refractivity contribution in [2.75, 3.05) is 4.90 Å². The third-order valence-electron chi connectivity index (χ3n) is 3.78. The summed E-state index contributed by atoms with van der Waals surface area (Å²) in [6, 6.07) is 13.6. The van der Waals surface area contributed by atoms with Crippen LogP contribution in [-0.4, -0.2) is 16.9 Å². The molecule has 3 nitrogen and oxygen atoms in total. The summed E-state index contributed by atoms with van der Waals surface area (Å²) in [6.07, 6.45) is 2.86. The Kier molecular flexibility index (Phi) is 3.26. The van der Waals surface area contributed by atoms with E-state index in [0.29, 0.717) is 11.5 Å². The maximum atomic E-state index is 12.7. The normalized spacial score (nSPS) is 20.5. The summed E-state index contributed by atoms with van der Waals surface area (Å²) >= 11 is 0. The van der Waals surface area contributed by atoms with Crippen molar-refractivity contribution >= 4 is 11.7 Å². The van der Waals surface area contributed by atoms with Gasteiger partial charge in [0, 0.05) is 17.8 Å². The molecule has 1 aromatic carbocycles. The first-order valence-corrected chi connectivity index (χ1v) is 6.98. The van der Waals surface area contributed by atoms with Crippen molar-refractivity contribution in [1.82, 2.24) is 4.98 Å². The molecule has 20 heavy (non-hydrogen) atoms. The Morgan fingerprint density at radius 1 is 1.20 bits per heavy atom. The number of hydrogen-bond acceptors (Lipinski definition) is 2. The predicted octanol–water partition coefficient (Wildman–Crippen LogP) is 3.45. The van der Waals surface area contributed by atoms with E-state index in [1.807, 2.05) is 60.5 Å². The van der Waals surface area contributed by atoms with Crippen molar-refractivity contribution in [1.29, 1.82) is 0 Å². The van der Waals surface area contributed by atoms with E-state index in [0.717, 1.165) is 17.8 Å². The van der Waals surface area contributed by atoms with Crippen molar-refractivity contribution in [2.24, 2.45) is 5.92 Å². The van der Waals surface area contributed by atoms with Gasteiger partial charge in [0.05, 0.1) is 0 Å². The van der Waals surface area contributed by atoms with Gasteiger partial charge in [-0.05, 0) is 43.0 Å². The van der Waals surface area contributed by atoms with Gasteiger partial charge in [-0.1, -0.05) is 31.2 Å². The molecule has 1 unspecified atom stereocenters. The number of pyridine rings is 1. The number of benzene rings is 1. The maximum Gasteiger partial charge on any atom is 0.259 e. The first-order chi connectivity index (χ1) is 9.66. The number of nitrogens with zero attached hydrogens (tertiary/aromatic N) is 2. The summed E-state index contributed by atoms with van der Waals surface area (Å²) in [6.45, 7) is 4.17. The number of hydrogen-bond donors (Lipinski definition) is 0. The third kappa shape index (κ3) is 2.44. The largest absolute Gasteiger partial charge is 0.289 e. The number of aromatic nitrogens is 1. The fourth-order valence-electron chi connectivity index (χ4n) is 2.41. The number of amides is 1. The summed E-state index contributed by atoms with van der Waals surface area (Å²) < 4.78 is 0. The van der Waals surface area contributed by atoms with E-state index >= 15 is 0 Å². The van der Waals surface area contributed by atoms with Gasteiger partial charge >= 0.3 is 0 Å². The lowest BCUT2D eigenvalue weighted by atomic mass is 10.2. The van der Waals surface area contributed by atoms with Crippen LogP contribution in [0.15, 0.2) is 48.7 Å². The predicted molar refractivity (Wildman–Crippen MR) is 79.8 cm³/mol. The smallest absolute Gasteiger partial charge is 0.259 e. The molecule has 1 aromatic heterocycles. The fraction of sp³-hybridized carbons (Fsp3) is 0.294. The van der Waals surface area contributed by atoms with Crippen molar-refractivity contribution < 1.29 is 4.79 Å². The van der Waals surface area contributed by atoms with Crippen LogP contribution in [0.5, 0.6) is 0 Å². The molecule has 0 spiro atoms. The number of aryl methyl sites for hydroxylation is 1. The molecule has 1 heterocycles. The van der Waals surface area contributed by atoms with Gasteiger partial charge in [-0.2, -0.15) is 0 Å². The molecule has 0 radical (unpaired) electrons. The van der Waals surface area contributed by atoms with Gasteiger partial charge in [0.25, 0.3) is 5.91 Å². The molecular formula is C17H18N2O. The Balaban J connectivity index is 1.95. The van der Waals surface area contributed by atoms with E-state index in [1.165, 1.54) is 0 Å². The van der Waals surface area contributed by atoms with E-state index < -0.39 is 0 Å². The second-order valence-corrected chi connectivity index (χ2v) is 5.52. The lowest BCUT2D eigenvalue weighted by molar-refractivity contribution is 0.0983. The minimum Gasteiger partial charge on any atom is -0.289 e. The molecule has 102 valence electrons. The Morgan fingerprint density at radius 2 is 1.90 bits per heavy atom. The average molecular weight is 266 g/mol. The first-order valence-electron chi connectivity index (χ1n) is 6.98. The van der Waals surface area contributed by atoms with Crippen molar-refractivity contribution in [3.05, 3.63) is 59.8 Å². The molecule has 0 bridgehead atoms. The minimum absolute atomic E-state index is 0.0382. The molecule has 1 amide bonds. The van der Waals surface area contributed by atoms with Crippen LogP contribution < -0.4 is 4.90 Å². The topological polar surface area (TPSA) is 33.2 Å². The quantitative estimate of drug-likeness (QED) is 0.852. The van der Waals surface area contributed by atoms with Crippen LogP contribution in [0.4, 0.5) is 5.82 Å². The van der Waals surface area contributed by atoms with E-state index in [4.69, 9.17) is 0 Å². The number of anilines is 1. The maximum absolute atomic E-state index is 12.7. The monoisotopic (exact) mass is 266 g/mol. The Bertz CT molecular complexity index is 607. The molecule has 0 aliphatic heterocycles. The van der Waals surface area contributed by atoms with Crippen molar-refractivity contribution in [3.8, 4) is 0 Å². The van der Waals surface area contributed by atoms with Crippen molar-refractivity contribution in [2.45, 2.75) is 26.3 Å². The average Bonchev–Trinajstić information content (AvgIpc) is 3.19. The zero-order chi connectivity index (χ0) is 14.1. The van der Waals surface area contributed by atoms with E-state index in [2.05, 4.69) is 11.9 Å². The zero-order valence-corrected chi connectivity index (χ0v) is 11.8. The standard InChI is InChI=1S/C17H18N2O/c1-12-8-9-16(18-11-12)19(15-10-13(15)2)17(20)14-6-4-3-5-7-14/h3-9,11,13,15H,10H2,1-2H3/t13-,15?/m0/s1. The second kappa shape index (κ2) is 5.08. The summed E-state index contributed by atoms with van der Waals surface area (Å²) in [5.74, 6) is 1.33.